The van der Waals surface area contributed by atoms with Gasteiger partial charge in [-0.05, 0) is 30.6 Å². The van der Waals surface area contributed by atoms with Crippen molar-refractivity contribution < 1.29 is 4.74 Å². The minimum absolute atomic E-state index is 0.576. The molecule has 1 heterocycles. The summed E-state index contributed by atoms with van der Waals surface area (Å²) in [4.78, 5) is 0. The highest BCUT2D eigenvalue weighted by molar-refractivity contribution is 4.77. The van der Waals surface area contributed by atoms with E-state index < -0.39 is 0 Å². The first-order valence-corrected chi connectivity index (χ1v) is 4.70. The van der Waals surface area contributed by atoms with Crippen LogP contribution in [0.15, 0.2) is 0 Å². The molecular formula is C10H20O. The van der Waals surface area contributed by atoms with Crippen LogP contribution in [-0.2, 0) is 4.74 Å². The zero-order valence-electron chi connectivity index (χ0n) is 8.02. The Balaban J connectivity index is 2.37. The van der Waals surface area contributed by atoms with Crippen LogP contribution in [0.25, 0.3) is 0 Å². The van der Waals surface area contributed by atoms with Gasteiger partial charge in [-0.25, -0.2) is 0 Å². The SMILES string of the molecule is CC(C)CC1(C)CCOCC1. The second kappa shape index (κ2) is 3.57. The second-order valence-corrected chi connectivity index (χ2v) is 4.52. The van der Waals surface area contributed by atoms with E-state index in [1.807, 2.05) is 0 Å². The maximum Gasteiger partial charge on any atom is 0.0471 e. The number of rotatable bonds is 2. The molecule has 0 bridgehead atoms. The quantitative estimate of drug-likeness (QED) is 0.597. The van der Waals surface area contributed by atoms with E-state index in [-0.39, 0.29) is 0 Å². The molecule has 0 aromatic heterocycles. The summed E-state index contributed by atoms with van der Waals surface area (Å²) in [6.45, 7) is 8.96. The van der Waals surface area contributed by atoms with Crippen LogP contribution in [0.5, 0.6) is 0 Å². The van der Waals surface area contributed by atoms with Crippen molar-refractivity contribution >= 4 is 0 Å². The normalized spacial score (nSPS) is 24.0. The van der Waals surface area contributed by atoms with Crippen molar-refractivity contribution in [3.8, 4) is 0 Å². The fraction of sp³-hybridized carbons (Fsp3) is 1.00. The fourth-order valence-electron chi connectivity index (χ4n) is 2.05. The van der Waals surface area contributed by atoms with Gasteiger partial charge in [-0.2, -0.15) is 0 Å². The average molecular weight is 156 g/mol. The van der Waals surface area contributed by atoms with E-state index in [2.05, 4.69) is 20.8 Å². The predicted molar refractivity (Wildman–Crippen MR) is 47.6 cm³/mol. The van der Waals surface area contributed by atoms with E-state index in [1.165, 1.54) is 19.3 Å². The van der Waals surface area contributed by atoms with Crippen molar-refractivity contribution in [3.63, 3.8) is 0 Å². The topological polar surface area (TPSA) is 9.23 Å². The molecule has 1 aliphatic heterocycles. The molecule has 0 aliphatic carbocycles. The largest absolute Gasteiger partial charge is 0.381 e. The van der Waals surface area contributed by atoms with Crippen LogP contribution in [-0.4, -0.2) is 13.2 Å². The lowest BCUT2D eigenvalue weighted by atomic mass is 9.76. The highest BCUT2D eigenvalue weighted by Gasteiger charge is 2.27. The first kappa shape index (κ1) is 9.05. The molecule has 0 saturated carbocycles. The summed E-state index contributed by atoms with van der Waals surface area (Å²) < 4.78 is 5.35. The summed E-state index contributed by atoms with van der Waals surface area (Å²) in [6.07, 6.45) is 3.87. The van der Waals surface area contributed by atoms with E-state index in [4.69, 9.17) is 4.74 Å². The van der Waals surface area contributed by atoms with Gasteiger partial charge in [0.1, 0.15) is 0 Å². The maximum absolute atomic E-state index is 5.35. The molecule has 0 N–H and O–H groups in total. The Bertz CT molecular complexity index is 112. The van der Waals surface area contributed by atoms with E-state index in [1.54, 1.807) is 0 Å². The minimum atomic E-state index is 0.576. The molecule has 0 unspecified atom stereocenters. The molecule has 66 valence electrons. The molecule has 1 nitrogen and oxygen atoms in total. The highest BCUT2D eigenvalue weighted by Crippen LogP contribution is 2.35. The first-order valence-electron chi connectivity index (χ1n) is 4.70. The van der Waals surface area contributed by atoms with Crippen molar-refractivity contribution in [2.75, 3.05) is 13.2 Å². The highest BCUT2D eigenvalue weighted by atomic mass is 16.5. The monoisotopic (exact) mass is 156 g/mol. The Morgan fingerprint density at radius 2 is 1.82 bits per heavy atom. The zero-order valence-corrected chi connectivity index (χ0v) is 8.02. The van der Waals surface area contributed by atoms with Crippen LogP contribution in [0.3, 0.4) is 0 Å². The summed E-state index contributed by atoms with van der Waals surface area (Å²) in [6, 6.07) is 0. The molecule has 0 aromatic rings. The van der Waals surface area contributed by atoms with Gasteiger partial charge in [0.25, 0.3) is 0 Å². The predicted octanol–water partition coefficient (Wildman–Crippen LogP) is 2.85. The molecule has 0 spiro atoms. The lowest BCUT2D eigenvalue weighted by molar-refractivity contribution is 0.0140. The van der Waals surface area contributed by atoms with Crippen molar-refractivity contribution in [2.24, 2.45) is 11.3 Å². The molecule has 0 atom stereocenters. The molecule has 1 rings (SSSR count). The van der Waals surface area contributed by atoms with Crippen LogP contribution in [0.2, 0.25) is 0 Å². The van der Waals surface area contributed by atoms with E-state index in [0.717, 1.165) is 19.1 Å². The Morgan fingerprint density at radius 1 is 1.27 bits per heavy atom. The van der Waals surface area contributed by atoms with Gasteiger partial charge in [0.2, 0.25) is 0 Å². The third-order valence-electron chi connectivity index (χ3n) is 2.60. The molecule has 1 saturated heterocycles. The van der Waals surface area contributed by atoms with Gasteiger partial charge in [0.15, 0.2) is 0 Å². The lowest BCUT2D eigenvalue weighted by Crippen LogP contribution is -2.27. The van der Waals surface area contributed by atoms with Gasteiger partial charge in [-0.3, -0.25) is 0 Å². The smallest absolute Gasteiger partial charge is 0.0471 e. The van der Waals surface area contributed by atoms with Gasteiger partial charge in [0.05, 0.1) is 0 Å². The summed E-state index contributed by atoms with van der Waals surface area (Å²) >= 11 is 0. The maximum atomic E-state index is 5.35. The Morgan fingerprint density at radius 3 is 2.27 bits per heavy atom. The average Bonchev–Trinajstić information content (AvgIpc) is 1.85. The van der Waals surface area contributed by atoms with Crippen LogP contribution < -0.4 is 0 Å². The molecule has 0 amide bonds. The van der Waals surface area contributed by atoms with Crippen molar-refractivity contribution in [2.45, 2.75) is 40.0 Å². The van der Waals surface area contributed by atoms with E-state index in [9.17, 15) is 0 Å². The fourth-order valence-corrected chi connectivity index (χ4v) is 2.05. The Labute approximate surface area is 70.1 Å². The number of hydrogen-bond donors (Lipinski definition) is 0. The molecule has 0 radical (unpaired) electrons. The Hall–Kier alpha value is -0.0400. The number of ether oxygens (including phenoxy) is 1. The molecule has 11 heavy (non-hydrogen) atoms. The summed E-state index contributed by atoms with van der Waals surface area (Å²) in [7, 11) is 0. The lowest BCUT2D eigenvalue weighted by Gasteiger charge is -2.34. The second-order valence-electron chi connectivity index (χ2n) is 4.52. The standard InChI is InChI=1S/C10H20O/c1-9(2)8-10(3)4-6-11-7-5-10/h9H,4-8H2,1-3H3. The van der Waals surface area contributed by atoms with E-state index >= 15 is 0 Å². The van der Waals surface area contributed by atoms with Crippen LogP contribution in [0.4, 0.5) is 0 Å². The molecule has 1 fully saturated rings. The van der Waals surface area contributed by atoms with Crippen LogP contribution in [0, 0.1) is 11.3 Å². The van der Waals surface area contributed by atoms with Gasteiger partial charge in [-0.1, -0.05) is 20.8 Å². The van der Waals surface area contributed by atoms with E-state index in [0.29, 0.717) is 5.41 Å². The van der Waals surface area contributed by atoms with Crippen molar-refractivity contribution in [3.05, 3.63) is 0 Å². The first-order chi connectivity index (χ1) is 5.12. The third-order valence-corrected chi connectivity index (χ3v) is 2.60. The number of hydrogen-bond acceptors (Lipinski definition) is 1. The zero-order chi connectivity index (χ0) is 8.32. The third kappa shape index (κ3) is 2.82. The van der Waals surface area contributed by atoms with Crippen molar-refractivity contribution in [1.82, 2.24) is 0 Å². The van der Waals surface area contributed by atoms with Crippen LogP contribution >= 0.6 is 0 Å². The van der Waals surface area contributed by atoms with Gasteiger partial charge in [-0.15, -0.1) is 0 Å². The summed E-state index contributed by atoms with van der Waals surface area (Å²) in [5, 5.41) is 0. The molecular weight excluding hydrogens is 136 g/mol. The van der Waals surface area contributed by atoms with Gasteiger partial charge in [0, 0.05) is 13.2 Å². The molecule has 0 aromatic carbocycles. The van der Waals surface area contributed by atoms with Gasteiger partial charge >= 0.3 is 0 Å². The summed E-state index contributed by atoms with van der Waals surface area (Å²) in [5.74, 6) is 0.832. The van der Waals surface area contributed by atoms with Crippen LogP contribution in [0.1, 0.15) is 40.0 Å². The summed E-state index contributed by atoms with van der Waals surface area (Å²) in [5.41, 5.74) is 0.576. The Kier molecular flexibility index (Phi) is 2.94. The minimum Gasteiger partial charge on any atom is -0.381 e. The van der Waals surface area contributed by atoms with Gasteiger partial charge < -0.3 is 4.74 Å². The molecule has 1 aliphatic rings. The molecule has 1 heteroatoms. The van der Waals surface area contributed by atoms with Crippen molar-refractivity contribution in [1.29, 1.82) is 0 Å².